The summed E-state index contributed by atoms with van der Waals surface area (Å²) in [5, 5.41) is 12.7. The van der Waals surface area contributed by atoms with E-state index < -0.39 is 15.6 Å². The number of aromatic nitrogens is 1. The molecule has 3 rings (SSSR count). The fourth-order valence-electron chi connectivity index (χ4n) is 2.79. The van der Waals surface area contributed by atoms with Gasteiger partial charge in [0.2, 0.25) is 10.0 Å². The summed E-state index contributed by atoms with van der Waals surface area (Å²) in [6.07, 6.45) is 3.36. The first kappa shape index (κ1) is 14.6. The summed E-state index contributed by atoms with van der Waals surface area (Å²) in [4.78, 5) is 11.7. The molecule has 0 radical (unpaired) electrons. The fraction of sp³-hybridized carbons (Fsp3) is 0.615. The zero-order chi connectivity index (χ0) is 15.4. The number of nitrogens with one attached hydrogen (secondary N) is 1. The predicted molar refractivity (Wildman–Crippen MR) is 75.2 cm³/mol. The number of aliphatic hydroxyl groups is 1. The summed E-state index contributed by atoms with van der Waals surface area (Å²) in [6, 6.07) is 1.36. The molecule has 1 aromatic heterocycles. The van der Waals surface area contributed by atoms with Gasteiger partial charge in [0.25, 0.3) is 5.91 Å². The number of hydrogen-bond donors (Lipinski definition) is 2. The van der Waals surface area contributed by atoms with Gasteiger partial charge in [-0.05, 0) is 24.8 Å². The highest BCUT2D eigenvalue weighted by molar-refractivity contribution is 7.89. The lowest BCUT2D eigenvalue weighted by Crippen LogP contribution is -2.64. The summed E-state index contributed by atoms with van der Waals surface area (Å²) < 4.78 is 27.7. The molecule has 0 atom stereocenters. The Morgan fingerprint density at radius 2 is 2.05 bits per heavy atom. The normalized spacial score (nSPS) is 21.9. The zero-order valence-corrected chi connectivity index (χ0v) is 12.9. The molecule has 2 heterocycles. The second-order valence-corrected chi connectivity index (χ2v) is 7.84. The highest BCUT2D eigenvalue weighted by Crippen LogP contribution is 2.45. The van der Waals surface area contributed by atoms with Gasteiger partial charge in [0, 0.05) is 33.4 Å². The molecular weight excluding hydrogens is 294 g/mol. The first-order chi connectivity index (χ1) is 9.78. The molecule has 21 heavy (non-hydrogen) atoms. The van der Waals surface area contributed by atoms with Gasteiger partial charge in [0.15, 0.2) is 0 Å². The van der Waals surface area contributed by atoms with Crippen molar-refractivity contribution in [2.45, 2.75) is 23.3 Å². The largest absolute Gasteiger partial charge is 0.387 e. The SMILES string of the molecule is CNC(=O)c1cc(S(=O)(=O)N2CC(O)(C3CC3)C2)cn1C. The molecule has 7 nitrogen and oxygen atoms in total. The molecule has 1 saturated carbocycles. The lowest BCUT2D eigenvalue weighted by Gasteiger charge is -2.45. The molecule has 0 unspecified atom stereocenters. The number of amides is 1. The number of aryl methyl sites for hydroxylation is 1. The number of sulfonamides is 1. The highest BCUT2D eigenvalue weighted by atomic mass is 32.2. The number of carbonyl (C=O) groups excluding carboxylic acids is 1. The molecule has 2 N–H and O–H groups in total. The Kier molecular flexibility index (Phi) is 3.16. The van der Waals surface area contributed by atoms with E-state index in [2.05, 4.69) is 5.32 Å². The Morgan fingerprint density at radius 1 is 1.43 bits per heavy atom. The van der Waals surface area contributed by atoms with Crippen LogP contribution in [0.5, 0.6) is 0 Å². The summed E-state index contributed by atoms with van der Waals surface area (Å²) in [7, 11) is -0.530. The molecule has 1 aliphatic carbocycles. The van der Waals surface area contributed by atoms with Gasteiger partial charge in [-0.15, -0.1) is 0 Å². The van der Waals surface area contributed by atoms with E-state index in [0.717, 1.165) is 12.8 Å². The van der Waals surface area contributed by atoms with Gasteiger partial charge in [-0.1, -0.05) is 0 Å². The third kappa shape index (κ3) is 2.27. The first-order valence-electron chi connectivity index (χ1n) is 6.89. The van der Waals surface area contributed by atoms with Crippen molar-refractivity contribution in [3.05, 3.63) is 18.0 Å². The average Bonchev–Trinajstić information content (AvgIpc) is 3.17. The van der Waals surface area contributed by atoms with Crippen LogP contribution in [0.2, 0.25) is 0 Å². The Labute approximate surface area is 123 Å². The molecule has 116 valence electrons. The van der Waals surface area contributed by atoms with Gasteiger partial charge in [0.1, 0.15) is 10.6 Å². The molecule has 1 aliphatic heterocycles. The third-order valence-corrected chi connectivity index (χ3v) is 6.07. The highest BCUT2D eigenvalue weighted by Gasteiger charge is 2.55. The summed E-state index contributed by atoms with van der Waals surface area (Å²) in [5.41, 5.74) is -0.570. The Bertz CT molecular complexity index is 684. The maximum atomic E-state index is 12.5. The van der Waals surface area contributed by atoms with Crippen molar-refractivity contribution in [2.75, 3.05) is 20.1 Å². The van der Waals surface area contributed by atoms with Gasteiger partial charge in [-0.3, -0.25) is 4.79 Å². The van der Waals surface area contributed by atoms with E-state index in [1.165, 1.54) is 28.2 Å². The number of nitrogens with zero attached hydrogens (tertiary/aromatic N) is 2. The molecule has 2 fully saturated rings. The number of carbonyl (C=O) groups is 1. The van der Waals surface area contributed by atoms with Crippen LogP contribution in [-0.2, 0) is 17.1 Å². The van der Waals surface area contributed by atoms with Gasteiger partial charge in [-0.2, -0.15) is 4.31 Å². The molecular formula is C13H19N3O4S. The molecule has 1 aromatic rings. The second kappa shape index (κ2) is 4.56. The van der Waals surface area contributed by atoms with Gasteiger partial charge in [0.05, 0.1) is 5.60 Å². The van der Waals surface area contributed by atoms with Crippen LogP contribution in [0.4, 0.5) is 0 Å². The molecule has 2 aliphatic rings. The lowest BCUT2D eigenvalue weighted by molar-refractivity contribution is -0.0764. The maximum Gasteiger partial charge on any atom is 0.267 e. The second-order valence-electron chi connectivity index (χ2n) is 5.90. The van der Waals surface area contributed by atoms with Crippen LogP contribution in [-0.4, -0.2) is 54.0 Å². The van der Waals surface area contributed by atoms with Gasteiger partial charge < -0.3 is 15.0 Å². The number of rotatable bonds is 4. The van der Waals surface area contributed by atoms with Crippen molar-refractivity contribution in [3.8, 4) is 0 Å². The summed E-state index contributed by atoms with van der Waals surface area (Å²) in [5.74, 6) is -0.0989. The molecule has 0 spiro atoms. The minimum atomic E-state index is -3.65. The first-order valence-corrected chi connectivity index (χ1v) is 8.33. The summed E-state index contributed by atoms with van der Waals surface area (Å²) >= 11 is 0. The molecule has 1 amide bonds. The topological polar surface area (TPSA) is 91.6 Å². The minimum Gasteiger partial charge on any atom is -0.387 e. The summed E-state index contributed by atoms with van der Waals surface area (Å²) in [6.45, 7) is 0.286. The Morgan fingerprint density at radius 3 is 2.57 bits per heavy atom. The van der Waals surface area contributed by atoms with Crippen LogP contribution in [0.25, 0.3) is 0 Å². The van der Waals surface area contributed by atoms with Crippen molar-refractivity contribution in [1.82, 2.24) is 14.2 Å². The van der Waals surface area contributed by atoms with Crippen LogP contribution in [0, 0.1) is 5.92 Å². The van der Waals surface area contributed by atoms with Crippen LogP contribution in [0.1, 0.15) is 23.3 Å². The maximum absolute atomic E-state index is 12.5. The minimum absolute atomic E-state index is 0.0847. The van der Waals surface area contributed by atoms with E-state index in [9.17, 15) is 18.3 Å². The Balaban J connectivity index is 1.81. The van der Waals surface area contributed by atoms with Gasteiger partial charge >= 0.3 is 0 Å². The lowest BCUT2D eigenvalue weighted by atomic mass is 9.91. The fourth-order valence-corrected chi connectivity index (χ4v) is 4.43. The van der Waals surface area contributed by atoms with E-state index in [0.29, 0.717) is 0 Å². The van der Waals surface area contributed by atoms with Crippen molar-refractivity contribution in [2.24, 2.45) is 13.0 Å². The standard InChI is InChI=1S/C13H19N3O4S/c1-14-12(17)11-5-10(6-15(11)2)21(19,20)16-7-13(18,8-16)9-3-4-9/h5-6,9,18H,3-4,7-8H2,1-2H3,(H,14,17). The van der Waals surface area contributed by atoms with E-state index in [1.807, 2.05) is 0 Å². The van der Waals surface area contributed by atoms with E-state index >= 15 is 0 Å². The van der Waals surface area contributed by atoms with Crippen molar-refractivity contribution in [3.63, 3.8) is 0 Å². The molecule has 0 bridgehead atoms. The van der Waals surface area contributed by atoms with Crippen LogP contribution in [0.3, 0.4) is 0 Å². The Hall–Kier alpha value is -1.38. The van der Waals surface area contributed by atoms with E-state index in [4.69, 9.17) is 0 Å². The van der Waals surface area contributed by atoms with E-state index in [1.54, 1.807) is 7.05 Å². The van der Waals surface area contributed by atoms with Crippen LogP contribution >= 0.6 is 0 Å². The number of hydrogen-bond acceptors (Lipinski definition) is 4. The quantitative estimate of drug-likeness (QED) is 0.786. The molecule has 1 saturated heterocycles. The van der Waals surface area contributed by atoms with Crippen molar-refractivity contribution >= 4 is 15.9 Å². The number of β-amino-alcohol motifs (C(OH)–C–C–N with tert-alkyl or cyclic N) is 1. The van der Waals surface area contributed by atoms with Crippen molar-refractivity contribution in [1.29, 1.82) is 0 Å². The van der Waals surface area contributed by atoms with Crippen LogP contribution < -0.4 is 5.32 Å². The third-order valence-electron chi connectivity index (χ3n) is 4.31. The average molecular weight is 313 g/mol. The van der Waals surface area contributed by atoms with Crippen molar-refractivity contribution < 1.29 is 18.3 Å². The monoisotopic (exact) mass is 313 g/mol. The predicted octanol–water partition coefficient (Wildman–Crippen LogP) is -0.470. The zero-order valence-electron chi connectivity index (χ0n) is 12.0. The van der Waals surface area contributed by atoms with E-state index in [-0.39, 0.29) is 35.5 Å². The molecule has 0 aromatic carbocycles. The molecule has 8 heteroatoms. The smallest absolute Gasteiger partial charge is 0.267 e. The van der Waals surface area contributed by atoms with Gasteiger partial charge in [-0.25, -0.2) is 8.42 Å². The van der Waals surface area contributed by atoms with Crippen LogP contribution in [0.15, 0.2) is 17.2 Å².